The van der Waals surface area contributed by atoms with E-state index < -0.39 is 11.7 Å². The number of aromatic nitrogens is 2. The highest BCUT2D eigenvalue weighted by Gasteiger charge is 2.22. The monoisotopic (exact) mass is 278 g/mol. The van der Waals surface area contributed by atoms with Crippen LogP contribution in [0.15, 0.2) is 16.9 Å². The van der Waals surface area contributed by atoms with Crippen molar-refractivity contribution in [3.05, 3.63) is 33.9 Å². The maximum atomic E-state index is 13.5. The first-order valence-electron chi connectivity index (χ1n) is 6.52. The zero-order valence-electron chi connectivity index (χ0n) is 10.8. The molecular formula is C13H15FN4O2. The lowest BCUT2D eigenvalue weighted by Crippen LogP contribution is -2.33. The summed E-state index contributed by atoms with van der Waals surface area (Å²) in [7, 11) is 0. The third kappa shape index (κ3) is 2.00. The van der Waals surface area contributed by atoms with Crippen LogP contribution in [0.2, 0.25) is 0 Å². The molecule has 2 heterocycles. The predicted molar refractivity (Wildman–Crippen MR) is 72.2 cm³/mol. The second-order valence-electron chi connectivity index (χ2n) is 5.01. The Bertz CT molecular complexity index is 728. The number of H-pyrrole nitrogens is 1. The summed E-state index contributed by atoms with van der Waals surface area (Å²) in [5.41, 5.74) is 5.14. The summed E-state index contributed by atoms with van der Waals surface area (Å²) in [4.78, 5) is 23.8. The Balaban J connectivity index is 2.21. The fourth-order valence-electron chi connectivity index (χ4n) is 2.74. The molecular weight excluding hydrogens is 263 g/mol. The Hall–Kier alpha value is -2.15. The van der Waals surface area contributed by atoms with Gasteiger partial charge in [0.1, 0.15) is 5.82 Å². The van der Waals surface area contributed by atoms with Crippen LogP contribution in [0.4, 0.5) is 4.39 Å². The zero-order valence-corrected chi connectivity index (χ0v) is 10.8. The fraction of sp³-hybridized carbons (Fsp3) is 0.385. The van der Waals surface area contributed by atoms with Crippen LogP contribution >= 0.6 is 0 Å². The molecule has 1 amide bonds. The number of hydrogen-bond acceptors (Lipinski definition) is 3. The average molecular weight is 278 g/mol. The van der Waals surface area contributed by atoms with Crippen molar-refractivity contribution >= 4 is 16.8 Å². The number of fused-ring (bicyclic) bond motifs is 1. The summed E-state index contributed by atoms with van der Waals surface area (Å²) in [5.74, 6) is -1.40. The van der Waals surface area contributed by atoms with Gasteiger partial charge in [0, 0.05) is 0 Å². The molecule has 0 aliphatic carbocycles. The Morgan fingerprint density at radius 2 is 2.05 bits per heavy atom. The first-order valence-corrected chi connectivity index (χ1v) is 6.52. The molecule has 4 N–H and O–H groups in total. The molecule has 0 atom stereocenters. The molecule has 0 bridgehead atoms. The number of rotatable bonds is 2. The number of piperidine rings is 1. The van der Waals surface area contributed by atoms with Gasteiger partial charge in [0.15, 0.2) is 0 Å². The predicted octanol–water partition coefficient (Wildman–Crippen LogP) is 0.492. The van der Waals surface area contributed by atoms with E-state index in [1.807, 2.05) is 0 Å². The second kappa shape index (κ2) is 4.75. The maximum Gasteiger partial charge on any atom is 0.275 e. The number of carbonyl (C=O) groups excluding carboxylic acids is 1. The summed E-state index contributed by atoms with van der Waals surface area (Å²) < 4.78 is 15.0. The van der Waals surface area contributed by atoms with E-state index in [1.165, 1.54) is 10.7 Å². The molecule has 20 heavy (non-hydrogen) atoms. The van der Waals surface area contributed by atoms with Crippen molar-refractivity contribution in [1.82, 2.24) is 15.1 Å². The summed E-state index contributed by atoms with van der Waals surface area (Å²) in [6.45, 7) is 1.65. The molecule has 0 spiro atoms. The molecule has 1 saturated heterocycles. The molecule has 3 rings (SSSR count). The number of halogens is 1. The first kappa shape index (κ1) is 12.9. The van der Waals surface area contributed by atoms with E-state index in [9.17, 15) is 14.0 Å². The van der Waals surface area contributed by atoms with E-state index in [2.05, 4.69) is 10.4 Å². The molecule has 2 aromatic rings. The van der Waals surface area contributed by atoms with Gasteiger partial charge in [0.05, 0.1) is 22.5 Å². The van der Waals surface area contributed by atoms with Gasteiger partial charge in [-0.2, -0.15) is 0 Å². The van der Waals surface area contributed by atoms with E-state index >= 15 is 0 Å². The van der Waals surface area contributed by atoms with Crippen molar-refractivity contribution in [2.45, 2.75) is 18.9 Å². The topological polar surface area (TPSA) is 92.9 Å². The van der Waals surface area contributed by atoms with Gasteiger partial charge >= 0.3 is 0 Å². The lowest BCUT2D eigenvalue weighted by molar-refractivity contribution is 0.100. The Morgan fingerprint density at radius 3 is 2.70 bits per heavy atom. The molecule has 6 nitrogen and oxygen atoms in total. The highest BCUT2D eigenvalue weighted by atomic mass is 19.1. The number of carbonyl (C=O) groups is 1. The van der Waals surface area contributed by atoms with Crippen LogP contribution in [-0.4, -0.2) is 28.8 Å². The molecule has 0 saturated carbocycles. The third-order valence-corrected chi connectivity index (χ3v) is 3.72. The number of nitrogens with zero attached hydrogens (tertiary/aromatic N) is 1. The van der Waals surface area contributed by atoms with E-state index in [1.54, 1.807) is 0 Å². The standard InChI is InChI=1S/C13H15FN4O2/c14-7-5-9(12(15)19)11-10(6-7)17-18(13(11)20)8-1-3-16-4-2-8/h5-6,8,16-17H,1-4H2,(H2,15,19). The Labute approximate surface area is 113 Å². The highest BCUT2D eigenvalue weighted by molar-refractivity contribution is 6.05. The van der Waals surface area contributed by atoms with Gasteiger partial charge in [-0.3, -0.25) is 14.7 Å². The van der Waals surface area contributed by atoms with E-state index in [4.69, 9.17) is 5.73 Å². The molecule has 1 aromatic heterocycles. The zero-order chi connectivity index (χ0) is 14.3. The summed E-state index contributed by atoms with van der Waals surface area (Å²) in [5, 5.41) is 6.28. The quantitative estimate of drug-likeness (QED) is 0.746. The van der Waals surface area contributed by atoms with Gasteiger partial charge in [0.25, 0.3) is 5.56 Å². The molecule has 1 aromatic carbocycles. The minimum Gasteiger partial charge on any atom is -0.366 e. The van der Waals surface area contributed by atoms with Crippen LogP contribution in [-0.2, 0) is 0 Å². The van der Waals surface area contributed by atoms with E-state index in [0.29, 0.717) is 5.52 Å². The van der Waals surface area contributed by atoms with Gasteiger partial charge in [0.2, 0.25) is 5.91 Å². The Morgan fingerprint density at radius 1 is 1.35 bits per heavy atom. The molecule has 1 aliphatic heterocycles. The molecule has 106 valence electrons. The number of primary amides is 1. The fourth-order valence-corrected chi connectivity index (χ4v) is 2.74. The third-order valence-electron chi connectivity index (χ3n) is 3.72. The minimum absolute atomic E-state index is 0.0277. The lowest BCUT2D eigenvalue weighted by atomic mass is 10.1. The first-order chi connectivity index (χ1) is 9.58. The SMILES string of the molecule is NC(=O)c1cc(F)cc2[nH]n(C3CCNCC3)c(=O)c12. The molecule has 1 fully saturated rings. The number of benzene rings is 1. The van der Waals surface area contributed by atoms with Crippen molar-refractivity contribution in [2.75, 3.05) is 13.1 Å². The molecule has 0 unspecified atom stereocenters. The number of nitrogens with one attached hydrogen (secondary N) is 2. The molecule has 1 aliphatic rings. The van der Waals surface area contributed by atoms with Crippen molar-refractivity contribution in [1.29, 1.82) is 0 Å². The molecule has 0 radical (unpaired) electrons. The number of aromatic amines is 1. The number of nitrogens with two attached hydrogens (primary N) is 1. The van der Waals surface area contributed by atoms with Crippen LogP contribution in [0, 0.1) is 5.82 Å². The van der Waals surface area contributed by atoms with Gasteiger partial charge in [-0.25, -0.2) is 9.07 Å². The van der Waals surface area contributed by atoms with Crippen molar-refractivity contribution in [3.63, 3.8) is 0 Å². The van der Waals surface area contributed by atoms with Gasteiger partial charge in [-0.1, -0.05) is 0 Å². The number of hydrogen-bond donors (Lipinski definition) is 3. The van der Waals surface area contributed by atoms with Crippen LogP contribution in [0.3, 0.4) is 0 Å². The van der Waals surface area contributed by atoms with Gasteiger partial charge in [-0.15, -0.1) is 0 Å². The van der Waals surface area contributed by atoms with E-state index in [0.717, 1.165) is 32.0 Å². The Kier molecular flexibility index (Phi) is 3.06. The lowest BCUT2D eigenvalue weighted by Gasteiger charge is -2.22. The van der Waals surface area contributed by atoms with Crippen LogP contribution in [0.25, 0.3) is 10.9 Å². The summed E-state index contributed by atoms with van der Waals surface area (Å²) in [6, 6.07) is 2.24. The van der Waals surface area contributed by atoms with Crippen molar-refractivity contribution in [3.8, 4) is 0 Å². The highest BCUT2D eigenvalue weighted by Crippen LogP contribution is 2.21. The minimum atomic E-state index is -0.803. The van der Waals surface area contributed by atoms with E-state index in [-0.39, 0.29) is 22.6 Å². The van der Waals surface area contributed by atoms with Gasteiger partial charge in [-0.05, 0) is 38.1 Å². The van der Waals surface area contributed by atoms with Crippen molar-refractivity contribution < 1.29 is 9.18 Å². The van der Waals surface area contributed by atoms with Crippen LogP contribution in [0.1, 0.15) is 29.2 Å². The van der Waals surface area contributed by atoms with Crippen LogP contribution < -0.4 is 16.6 Å². The largest absolute Gasteiger partial charge is 0.366 e. The average Bonchev–Trinajstić information content (AvgIpc) is 2.76. The summed E-state index contributed by atoms with van der Waals surface area (Å²) in [6.07, 6.45) is 1.61. The second-order valence-corrected chi connectivity index (χ2v) is 5.01. The normalized spacial score (nSPS) is 16.6. The van der Waals surface area contributed by atoms with Crippen LogP contribution in [0.5, 0.6) is 0 Å². The van der Waals surface area contributed by atoms with Gasteiger partial charge < -0.3 is 11.1 Å². The van der Waals surface area contributed by atoms with Crippen molar-refractivity contribution in [2.24, 2.45) is 5.73 Å². The maximum absolute atomic E-state index is 13.5. The number of amides is 1. The summed E-state index contributed by atoms with van der Waals surface area (Å²) >= 11 is 0. The molecule has 7 heteroatoms. The smallest absolute Gasteiger partial charge is 0.275 e.